The van der Waals surface area contributed by atoms with Crippen LogP contribution in [0.2, 0.25) is 0 Å². The first kappa shape index (κ1) is 20.6. The molecule has 3 rings (SSSR count). The molecule has 0 bridgehead atoms. The van der Waals surface area contributed by atoms with Crippen molar-refractivity contribution in [3.05, 3.63) is 58.7 Å². The Labute approximate surface area is 167 Å². The average molecular weight is 401 g/mol. The quantitative estimate of drug-likeness (QED) is 0.826. The van der Waals surface area contributed by atoms with Gasteiger partial charge < -0.3 is 5.32 Å². The van der Waals surface area contributed by atoms with Crippen LogP contribution < -0.4 is 5.32 Å². The van der Waals surface area contributed by atoms with Gasteiger partial charge in [-0.3, -0.25) is 4.79 Å². The summed E-state index contributed by atoms with van der Waals surface area (Å²) in [6.07, 6.45) is 2.08. The Bertz CT molecular complexity index is 976. The Morgan fingerprint density at radius 2 is 1.82 bits per heavy atom. The summed E-state index contributed by atoms with van der Waals surface area (Å²) in [5, 5.41) is 2.91. The summed E-state index contributed by atoms with van der Waals surface area (Å²) in [7, 11) is -3.74. The van der Waals surface area contributed by atoms with E-state index in [1.807, 2.05) is 57.2 Å². The van der Waals surface area contributed by atoms with Crippen LogP contribution in [0, 0.1) is 20.8 Å². The lowest BCUT2D eigenvalue weighted by molar-refractivity contribution is -0.119. The highest BCUT2D eigenvalue weighted by molar-refractivity contribution is 7.89. The number of hydrogen-bond acceptors (Lipinski definition) is 3. The van der Waals surface area contributed by atoms with Gasteiger partial charge in [0.1, 0.15) is 6.04 Å². The zero-order chi connectivity index (χ0) is 20.5. The van der Waals surface area contributed by atoms with Crippen molar-refractivity contribution in [2.45, 2.75) is 57.9 Å². The Balaban J connectivity index is 1.89. The molecular formula is C22H28N2O3S. The molecule has 5 nitrogen and oxygen atoms in total. The lowest BCUT2D eigenvalue weighted by Gasteiger charge is -2.25. The number of nitrogens with zero attached hydrogens (tertiary/aromatic N) is 1. The van der Waals surface area contributed by atoms with E-state index in [0.717, 1.165) is 28.7 Å². The standard InChI is InChI=1S/C22H28N2O3S/c1-5-18-8-6-9-19(14-18)23-22(25)20-10-7-11-24(20)28(26,27)21-16(3)12-15(2)13-17(21)4/h6,8-9,12-14,20H,5,7,10-11H2,1-4H3,(H,23,25). The summed E-state index contributed by atoms with van der Waals surface area (Å²) in [6, 6.07) is 10.7. The SMILES string of the molecule is CCc1cccc(NC(=O)C2CCCN2S(=O)(=O)c2c(C)cc(C)cc2C)c1. The topological polar surface area (TPSA) is 66.5 Å². The van der Waals surface area contributed by atoms with Crippen molar-refractivity contribution in [1.82, 2.24) is 4.31 Å². The number of carbonyl (C=O) groups is 1. The Morgan fingerprint density at radius 1 is 1.14 bits per heavy atom. The van der Waals surface area contributed by atoms with Crippen molar-refractivity contribution in [2.75, 3.05) is 11.9 Å². The minimum absolute atomic E-state index is 0.267. The molecule has 150 valence electrons. The molecule has 1 saturated heterocycles. The van der Waals surface area contributed by atoms with Gasteiger partial charge in [-0.05, 0) is 68.9 Å². The van der Waals surface area contributed by atoms with Crippen LogP contribution in [0.3, 0.4) is 0 Å². The second-order valence-electron chi connectivity index (χ2n) is 7.54. The third-order valence-electron chi connectivity index (χ3n) is 5.28. The van der Waals surface area contributed by atoms with Crippen LogP contribution in [0.15, 0.2) is 41.3 Å². The molecule has 6 heteroatoms. The molecule has 1 N–H and O–H groups in total. The van der Waals surface area contributed by atoms with Gasteiger partial charge >= 0.3 is 0 Å². The molecule has 0 spiro atoms. The van der Waals surface area contributed by atoms with Gasteiger partial charge in [-0.1, -0.05) is 36.8 Å². The summed E-state index contributed by atoms with van der Waals surface area (Å²) in [5.74, 6) is -0.267. The fourth-order valence-electron chi connectivity index (χ4n) is 4.08. The smallest absolute Gasteiger partial charge is 0.244 e. The van der Waals surface area contributed by atoms with Crippen molar-refractivity contribution in [1.29, 1.82) is 0 Å². The summed E-state index contributed by atoms with van der Waals surface area (Å²) in [6.45, 7) is 8.00. The van der Waals surface area contributed by atoms with Gasteiger partial charge in [0.05, 0.1) is 4.90 Å². The van der Waals surface area contributed by atoms with Crippen LogP contribution in [-0.4, -0.2) is 31.2 Å². The minimum atomic E-state index is -3.74. The minimum Gasteiger partial charge on any atom is -0.325 e. The van der Waals surface area contributed by atoms with Crippen molar-refractivity contribution in [2.24, 2.45) is 0 Å². The normalized spacial score (nSPS) is 17.6. The Kier molecular flexibility index (Phi) is 5.91. The summed E-state index contributed by atoms with van der Waals surface area (Å²) in [4.78, 5) is 13.2. The van der Waals surface area contributed by atoms with Gasteiger partial charge in [0.25, 0.3) is 0 Å². The van der Waals surface area contributed by atoms with Crippen LogP contribution in [0.1, 0.15) is 42.0 Å². The number of sulfonamides is 1. The third-order valence-corrected chi connectivity index (χ3v) is 7.49. The zero-order valence-corrected chi connectivity index (χ0v) is 17.8. The second-order valence-corrected chi connectivity index (χ2v) is 9.37. The first-order chi connectivity index (χ1) is 13.2. The Morgan fingerprint density at radius 3 is 2.46 bits per heavy atom. The molecule has 1 amide bonds. The number of rotatable bonds is 5. The number of benzene rings is 2. The van der Waals surface area contributed by atoms with Gasteiger partial charge in [0.2, 0.25) is 15.9 Å². The predicted octanol–water partition coefficient (Wildman–Crippen LogP) is 3.97. The molecule has 0 aliphatic carbocycles. The number of hydrogen-bond donors (Lipinski definition) is 1. The predicted molar refractivity (Wildman–Crippen MR) is 112 cm³/mol. The number of amides is 1. The lowest BCUT2D eigenvalue weighted by atomic mass is 10.1. The molecule has 0 aromatic heterocycles. The van der Waals surface area contributed by atoms with Crippen molar-refractivity contribution in [3.63, 3.8) is 0 Å². The lowest BCUT2D eigenvalue weighted by Crippen LogP contribution is -2.43. The van der Waals surface area contributed by atoms with Crippen LogP contribution >= 0.6 is 0 Å². The summed E-state index contributed by atoms with van der Waals surface area (Å²) >= 11 is 0. The van der Waals surface area contributed by atoms with E-state index in [4.69, 9.17) is 0 Å². The van der Waals surface area contributed by atoms with E-state index in [0.29, 0.717) is 30.0 Å². The molecule has 2 aromatic carbocycles. The first-order valence-corrected chi connectivity index (χ1v) is 11.2. The first-order valence-electron chi connectivity index (χ1n) is 9.73. The van der Waals surface area contributed by atoms with E-state index < -0.39 is 16.1 Å². The Hall–Kier alpha value is -2.18. The fourth-order valence-corrected chi connectivity index (χ4v) is 6.15. The van der Waals surface area contributed by atoms with E-state index in [2.05, 4.69) is 12.2 Å². The highest BCUT2D eigenvalue weighted by atomic mass is 32.2. The monoisotopic (exact) mass is 400 g/mol. The molecule has 0 radical (unpaired) electrons. The molecule has 1 fully saturated rings. The van der Waals surface area contributed by atoms with Crippen molar-refractivity contribution >= 4 is 21.6 Å². The molecule has 1 atom stereocenters. The third kappa shape index (κ3) is 3.98. The fraction of sp³-hybridized carbons (Fsp3) is 0.409. The second kappa shape index (κ2) is 8.05. The number of nitrogens with one attached hydrogen (secondary N) is 1. The van der Waals surface area contributed by atoms with Crippen LogP contribution in [0.25, 0.3) is 0 Å². The molecular weight excluding hydrogens is 372 g/mol. The molecule has 1 aliphatic heterocycles. The van der Waals surface area contributed by atoms with E-state index in [1.165, 1.54) is 4.31 Å². The van der Waals surface area contributed by atoms with E-state index >= 15 is 0 Å². The van der Waals surface area contributed by atoms with E-state index in [-0.39, 0.29) is 5.91 Å². The van der Waals surface area contributed by atoms with E-state index in [1.54, 1.807) is 0 Å². The maximum Gasteiger partial charge on any atom is 0.244 e. The number of aryl methyl sites for hydroxylation is 4. The number of carbonyl (C=O) groups excluding carboxylic acids is 1. The van der Waals surface area contributed by atoms with E-state index in [9.17, 15) is 13.2 Å². The largest absolute Gasteiger partial charge is 0.325 e. The zero-order valence-electron chi connectivity index (χ0n) is 17.0. The van der Waals surface area contributed by atoms with Gasteiger partial charge in [-0.2, -0.15) is 4.31 Å². The molecule has 1 heterocycles. The molecule has 2 aromatic rings. The highest BCUT2D eigenvalue weighted by Crippen LogP contribution is 2.31. The summed E-state index contributed by atoms with van der Waals surface area (Å²) < 4.78 is 28.2. The van der Waals surface area contributed by atoms with Crippen molar-refractivity contribution in [3.8, 4) is 0 Å². The summed E-state index contributed by atoms with van der Waals surface area (Å²) in [5.41, 5.74) is 4.30. The molecule has 1 unspecified atom stereocenters. The van der Waals surface area contributed by atoms with Gasteiger partial charge in [-0.25, -0.2) is 8.42 Å². The van der Waals surface area contributed by atoms with Crippen LogP contribution in [0.5, 0.6) is 0 Å². The number of anilines is 1. The van der Waals surface area contributed by atoms with Crippen LogP contribution in [0.4, 0.5) is 5.69 Å². The molecule has 0 saturated carbocycles. The van der Waals surface area contributed by atoms with Gasteiger partial charge in [-0.15, -0.1) is 0 Å². The van der Waals surface area contributed by atoms with Gasteiger partial charge in [0.15, 0.2) is 0 Å². The maximum absolute atomic E-state index is 13.4. The van der Waals surface area contributed by atoms with Crippen molar-refractivity contribution < 1.29 is 13.2 Å². The maximum atomic E-state index is 13.4. The van der Waals surface area contributed by atoms with Crippen LogP contribution in [-0.2, 0) is 21.2 Å². The average Bonchev–Trinajstić information content (AvgIpc) is 3.11. The van der Waals surface area contributed by atoms with Gasteiger partial charge in [0, 0.05) is 12.2 Å². The molecule has 1 aliphatic rings. The molecule has 28 heavy (non-hydrogen) atoms. The highest BCUT2D eigenvalue weighted by Gasteiger charge is 2.40.